The quantitative estimate of drug-likeness (QED) is 0.290. The minimum Gasteiger partial charge on any atom is -0.0828 e. The van der Waals surface area contributed by atoms with E-state index in [0.29, 0.717) is 0 Å². The molecule has 0 heterocycles. The van der Waals surface area contributed by atoms with Crippen LogP contribution in [0.4, 0.5) is 0 Å². The zero-order valence-corrected chi connectivity index (χ0v) is 16.4. The van der Waals surface area contributed by atoms with Crippen LogP contribution in [-0.4, -0.2) is 0 Å². The lowest BCUT2D eigenvalue weighted by Gasteiger charge is -2.13. The molecular formula is C26H14Cl2+2. The Hall–Kier alpha value is -2.80. The Morgan fingerprint density at radius 3 is 1.29 bits per heavy atom. The van der Waals surface area contributed by atoms with Gasteiger partial charge < -0.3 is 0 Å². The molecule has 0 nitrogen and oxygen atoms in total. The van der Waals surface area contributed by atoms with Gasteiger partial charge in [-0.25, -0.2) is 0 Å². The van der Waals surface area contributed by atoms with Gasteiger partial charge in [0.2, 0.25) is 0 Å². The second-order valence-corrected chi connectivity index (χ2v) is 8.09. The molecule has 0 aliphatic heterocycles. The third-order valence-electron chi connectivity index (χ3n) is 5.73. The lowest BCUT2D eigenvalue weighted by molar-refractivity contribution is 1.14. The highest BCUT2D eigenvalue weighted by molar-refractivity contribution is 6.31. The lowest BCUT2D eigenvalue weighted by atomic mass is 9.78. The van der Waals surface area contributed by atoms with Crippen LogP contribution in [0.15, 0.2) is 84.9 Å². The lowest BCUT2D eigenvalue weighted by Crippen LogP contribution is -2.11. The van der Waals surface area contributed by atoms with Crippen molar-refractivity contribution in [3.63, 3.8) is 0 Å². The molecule has 6 rings (SSSR count). The SMILES string of the molecule is Clc1ccc2c(c1)-c1cc(Cl)ccc1[C+]2[C+]1c2ccccc2-c2ccccc21. The van der Waals surface area contributed by atoms with Crippen molar-refractivity contribution in [2.45, 2.75) is 0 Å². The van der Waals surface area contributed by atoms with Crippen molar-refractivity contribution in [3.05, 3.63) is 129 Å². The van der Waals surface area contributed by atoms with Crippen LogP contribution < -0.4 is 0 Å². The average molecular weight is 397 g/mol. The van der Waals surface area contributed by atoms with Gasteiger partial charge in [0.25, 0.3) is 0 Å². The molecule has 0 amide bonds. The molecular weight excluding hydrogens is 383 g/mol. The molecule has 28 heavy (non-hydrogen) atoms. The number of hydrogen-bond donors (Lipinski definition) is 0. The summed E-state index contributed by atoms with van der Waals surface area (Å²) in [7, 11) is 0. The maximum atomic E-state index is 6.35. The van der Waals surface area contributed by atoms with E-state index < -0.39 is 0 Å². The van der Waals surface area contributed by atoms with Crippen LogP contribution >= 0.6 is 23.2 Å². The van der Waals surface area contributed by atoms with E-state index in [1.54, 1.807) is 0 Å². The van der Waals surface area contributed by atoms with E-state index in [-0.39, 0.29) is 0 Å². The largest absolute Gasteiger partial charge is 0.113 e. The number of halogens is 2. The summed E-state index contributed by atoms with van der Waals surface area (Å²) >= 11 is 12.7. The van der Waals surface area contributed by atoms with Gasteiger partial charge in [0.05, 0.1) is 32.3 Å². The van der Waals surface area contributed by atoms with Gasteiger partial charge >= 0.3 is 0 Å². The third-order valence-corrected chi connectivity index (χ3v) is 6.20. The molecule has 2 aliphatic rings. The number of benzene rings is 4. The van der Waals surface area contributed by atoms with Crippen LogP contribution in [0.2, 0.25) is 10.0 Å². The average Bonchev–Trinajstić information content (AvgIpc) is 3.20. The normalized spacial score (nSPS) is 13.2. The summed E-state index contributed by atoms with van der Waals surface area (Å²) in [5.41, 5.74) is 9.86. The van der Waals surface area contributed by atoms with Crippen LogP contribution in [0, 0.1) is 11.8 Å². The molecule has 0 saturated carbocycles. The van der Waals surface area contributed by atoms with Crippen molar-refractivity contribution < 1.29 is 0 Å². The van der Waals surface area contributed by atoms with Gasteiger partial charge in [0.15, 0.2) is 0 Å². The molecule has 0 saturated heterocycles. The number of fused-ring (bicyclic) bond motifs is 6. The maximum absolute atomic E-state index is 6.35. The van der Waals surface area contributed by atoms with E-state index in [0.717, 1.165) is 21.2 Å². The Morgan fingerprint density at radius 2 is 0.821 bits per heavy atom. The van der Waals surface area contributed by atoms with Crippen molar-refractivity contribution in [1.82, 2.24) is 0 Å². The standard InChI is InChI=1S/C26H14Cl2/c27-15-9-11-21-23(13-15)24-14-16(28)10-12-22(24)26(21)25-19-7-3-1-5-17(19)18-6-2-4-8-20(18)25/h1-14H/q+2. The number of hydrogen-bond acceptors (Lipinski definition) is 0. The fourth-order valence-electron chi connectivity index (χ4n) is 4.62. The van der Waals surface area contributed by atoms with Gasteiger partial charge in [-0.3, -0.25) is 0 Å². The Kier molecular flexibility index (Phi) is 3.38. The van der Waals surface area contributed by atoms with Crippen LogP contribution in [0.3, 0.4) is 0 Å². The van der Waals surface area contributed by atoms with Gasteiger partial charge in [-0.15, -0.1) is 0 Å². The summed E-state index contributed by atoms with van der Waals surface area (Å²) in [5.74, 6) is 2.55. The van der Waals surface area contributed by atoms with Crippen molar-refractivity contribution in [2.24, 2.45) is 0 Å². The first kappa shape index (κ1) is 16.2. The minimum atomic E-state index is 0.739. The summed E-state index contributed by atoms with van der Waals surface area (Å²) in [4.78, 5) is 0. The summed E-state index contributed by atoms with van der Waals surface area (Å²) in [6, 6.07) is 29.6. The van der Waals surface area contributed by atoms with Crippen LogP contribution in [0.1, 0.15) is 22.3 Å². The van der Waals surface area contributed by atoms with Gasteiger partial charge in [-0.05, 0) is 48.5 Å². The van der Waals surface area contributed by atoms with E-state index in [9.17, 15) is 0 Å². The Labute approximate surface area is 174 Å². The molecule has 0 spiro atoms. The highest BCUT2D eigenvalue weighted by atomic mass is 35.5. The first-order valence-electron chi connectivity index (χ1n) is 9.26. The fraction of sp³-hybridized carbons (Fsp3) is 0. The molecule has 4 aromatic rings. The predicted octanol–water partition coefficient (Wildman–Crippen LogP) is 7.60. The summed E-state index contributed by atoms with van der Waals surface area (Å²) in [5, 5.41) is 1.48. The molecule has 0 unspecified atom stereocenters. The fourth-order valence-corrected chi connectivity index (χ4v) is 4.96. The van der Waals surface area contributed by atoms with Crippen molar-refractivity contribution in [2.75, 3.05) is 0 Å². The van der Waals surface area contributed by atoms with Crippen LogP contribution in [0.25, 0.3) is 22.3 Å². The summed E-state index contributed by atoms with van der Waals surface area (Å²) in [6.45, 7) is 0. The van der Waals surface area contributed by atoms with Gasteiger partial charge in [0.1, 0.15) is 34.1 Å². The topological polar surface area (TPSA) is 0 Å². The Morgan fingerprint density at radius 1 is 0.429 bits per heavy atom. The van der Waals surface area contributed by atoms with Crippen LogP contribution in [-0.2, 0) is 0 Å². The zero-order chi connectivity index (χ0) is 18.8. The van der Waals surface area contributed by atoms with E-state index >= 15 is 0 Å². The van der Waals surface area contributed by atoms with Crippen molar-refractivity contribution >= 4 is 23.2 Å². The number of rotatable bonds is 1. The first-order valence-corrected chi connectivity index (χ1v) is 10.0. The smallest absolute Gasteiger partial charge is 0.0828 e. The zero-order valence-electron chi connectivity index (χ0n) is 14.8. The molecule has 0 fully saturated rings. The van der Waals surface area contributed by atoms with Gasteiger partial charge in [-0.2, -0.15) is 0 Å². The highest BCUT2D eigenvalue weighted by Crippen LogP contribution is 2.57. The second kappa shape index (κ2) is 5.85. The molecule has 2 heteroatoms. The molecule has 0 atom stereocenters. The van der Waals surface area contributed by atoms with E-state index in [2.05, 4.69) is 60.7 Å². The first-order chi connectivity index (χ1) is 13.7. The van der Waals surface area contributed by atoms with Crippen molar-refractivity contribution in [1.29, 1.82) is 0 Å². The second-order valence-electron chi connectivity index (χ2n) is 7.22. The monoisotopic (exact) mass is 396 g/mol. The van der Waals surface area contributed by atoms with E-state index in [4.69, 9.17) is 23.2 Å². The minimum absolute atomic E-state index is 0.739. The molecule has 0 N–H and O–H groups in total. The van der Waals surface area contributed by atoms with Gasteiger partial charge in [0, 0.05) is 36.4 Å². The maximum Gasteiger partial charge on any atom is 0.113 e. The highest BCUT2D eigenvalue weighted by Gasteiger charge is 2.51. The van der Waals surface area contributed by atoms with Crippen LogP contribution in [0.5, 0.6) is 0 Å². The molecule has 0 bridgehead atoms. The molecule has 0 radical (unpaired) electrons. The summed E-state index contributed by atoms with van der Waals surface area (Å²) < 4.78 is 0. The Bertz CT molecular complexity index is 1160. The summed E-state index contributed by atoms with van der Waals surface area (Å²) in [6.07, 6.45) is 0. The Balaban J connectivity index is 1.66. The van der Waals surface area contributed by atoms with Gasteiger partial charge in [-0.1, -0.05) is 23.2 Å². The molecule has 2 aliphatic carbocycles. The predicted molar refractivity (Wildman–Crippen MR) is 117 cm³/mol. The third kappa shape index (κ3) is 2.13. The van der Waals surface area contributed by atoms with E-state index in [1.807, 2.05) is 24.3 Å². The van der Waals surface area contributed by atoms with Crippen molar-refractivity contribution in [3.8, 4) is 22.3 Å². The van der Waals surface area contributed by atoms with E-state index in [1.165, 1.54) is 45.2 Å². The molecule has 0 aromatic heterocycles. The molecule has 4 aromatic carbocycles. The molecule has 130 valence electrons.